The number of imidazole rings is 3. The third kappa shape index (κ3) is 36.5. The maximum Gasteiger partial charge on any atom is 0.292 e. The van der Waals surface area contributed by atoms with Crippen molar-refractivity contribution in [1.29, 1.82) is 0 Å². The molecule has 0 bridgehead atoms. The van der Waals surface area contributed by atoms with E-state index < -0.39 is 0 Å². The Morgan fingerprint density at radius 1 is 0.658 bits per heavy atom. The number of nitrogens with zero attached hydrogens (tertiary/aromatic N) is 6. The van der Waals surface area contributed by atoms with Gasteiger partial charge in [-0.2, -0.15) is 0 Å². The molecule has 6 N–H and O–H groups in total. The number of nitrogens with one attached hydrogen (secondary N) is 2. The number of benzene rings is 3. The van der Waals surface area contributed by atoms with E-state index in [-0.39, 0.29) is 0 Å². The Morgan fingerprint density at radius 2 is 1.03 bits per heavy atom. The number of terminal acetylenes is 1. The zero-order chi connectivity index (χ0) is 56.7. The van der Waals surface area contributed by atoms with Gasteiger partial charge in [0.05, 0.1) is 56.0 Å². The highest BCUT2D eigenvalue weighted by atomic mass is 16.5. The van der Waals surface area contributed by atoms with E-state index in [2.05, 4.69) is 170 Å². The number of aldehydes is 2. The van der Waals surface area contributed by atoms with E-state index in [0.717, 1.165) is 104 Å². The van der Waals surface area contributed by atoms with Crippen LogP contribution in [-0.2, 0) is 54.7 Å². The maximum absolute atomic E-state index is 10.2. The lowest BCUT2D eigenvalue weighted by molar-refractivity contribution is -0.126. The summed E-state index contributed by atoms with van der Waals surface area (Å²) >= 11 is 0. The summed E-state index contributed by atoms with van der Waals surface area (Å²) in [7, 11) is 11.8. The first-order valence-electron chi connectivity index (χ1n) is 23.9. The van der Waals surface area contributed by atoms with Crippen molar-refractivity contribution in [3.63, 3.8) is 0 Å². The van der Waals surface area contributed by atoms with Gasteiger partial charge in [0.1, 0.15) is 31.0 Å². The largest absolute Gasteiger partial charge is 0.471 e. The smallest absolute Gasteiger partial charge is 0.292 e. The van der Waals surface area contributed by atoms with Crippen LogP contribution in [0.4, 0.5) is 0 Å². The second kappa shape index (κ2) is 55.8. The van der Waals surface area contributed by atoms with E-state index in [0.29, 0.717) is 19.3 Å². The van der Waals surface area contributed by atoms with Crippen LogP contribution in [0.5, 0.6) is 0 Å². The minimum absolute atomic E-state index is 0.375. The lowest BCUT2D eigenvalue weighted by atomic mass is 10.0. The van der Waals surface area contributed by atoms with E-state index in [9.17, 15) is 9.59 Å². The van der Waals surface area contributed by atoms with Gasteiger partial charge in [-0.25, -0.2) is 15.0 Å². The van der Waals surface area contributed by atoms with Crippen LogP contribution >= 0.6 is 0 Å². The third-order valence-corrected chi connectivity index (χ3v) is 8.71. The van der Waals surface area contributed by atoms with Gasteiger partial charge in [0.15, 0.2) is 0 Å². The number of aryl methyl sites for hydroxylation is 1. The number of methoxy groups -OCH3 is 2. The van der Waals surface area contributed by atoms with Crippen molar-refractivity contribution >= 4 is 25.8 Å². The summed E-state index contributed by atoms with van der Waals surface area (Å²) in [6.07, 6.45) is 21.7. The number of aromatic nitrogens is 6. The number of carbonyl (C=O) groups excluding carboxylic acids is 4. The van der Waals surface area contributed by atoms with Crippen molar-refractivity contribution in [3.05, 3.63) is 140 Å². The molecular weight excluding hydrogens is 921 g/mol. The number of aromatic amines is 2. The molecule has 0 fully saturated rings. The molecule has 3 heterocycles. The topological polar surface area (TPSA) is 220 Å². The number of rotatable bonds is 18. The van der Waals surface area contributed by atoms with Gasteiger partial charge >= 0.3 is 0 Å². The molecule has 0 aliphatic heterocycles. The first kappa shape index (κ1) is 74.8. The Hall–Kier alpha value is -7.13. The quantitative estimate of drug-likeness (QED) is 0.0358. The summed E-state index contributed by atoms with van der Waals surface area (Å²) in [4.78, 5) is 61.2. The van der Waals surface area contributed by atoms with Crippen LogP contribution in [0, 0.1) is 12.8 Å². The highest BCUT2D eigenvalue weighted by Gasteiger charge is 2.09. The van der Waals surface area contributed by atoms with E-state index in [1.807, 2.05) is 75.2 Å². The second-order valence-electron chi connectivity index (χ2n) is 14.2. The van der Waals surface area contributed by atoms with Crippen LogP contribution in [0.2, 0.25) is 0 Å². The van der Waals surface area contributed by atoms with Gasteiger partial charge in [-0.15, -0.1) is 26.0 Å². The first-order valence-corrected chi connectivity index (χ1v) is 23.9. The molecule has 0 saturated carbocycles. The van der Waals surface area contributed by atoms with Crippen molar-refractivity contribution in [2.45, 2.75) is 86.4 Å². The summed E-state index contributed by atoms with van der Waals surface area (Å²) in [6.45, 7) is 23.2. The van der Waals surface area contributed by atoms with Gasteiger partial charge in [-0.3, -0.25) is 14.6 Å². The van der Waals surface area contributed by atoms with E-state index in [1.54, 1.807) is 14.2 Å². The van der Waals surface area contributed by atoms with Crippen LogP contribution < -0.4 is 11.5 Å². The molecule has 6 aromatic rings. The number of hydrogen-bond acceptors (Lipinski definition) is 13. The molecule has 6 rings (SSSR count). The molecule has 16 heteroatoms. The van der Waals surface area contributed by atoms with Crippen LogP contribution in [-0.4, -0.2) is 128 Å². The third-order valence-electron chi connectivity index (χ3n) is 8.71. The minimum atomic E-state index is 0.375. The molecule has 0 amide bonds. The van der Waals surface area contributed by atoms with E-state index in [4.69, 9.17) is 9.59 Å². The summed E-state index contributed by atoms with van der Waals surface area (Å²) in [5.41, 5.74) is 18.0. The number of nitrogens with two attached hydrogens (primary N) is 2. The Bertz CT molecular complexity index is 2020. The summed E-state index contributed by atoms with van der Waals surface area (Å²) < 4.78 is 10.1. The van der Waals surface area contributed by atoms with Crippen LogP contribution in [0.25, 0.3) is 33.6 Å². The summed E-state index contributed by atoms with van der Waals surface area (Å²) in [5, 5.41) is 0. The number of hydrogen-bond donors (Lipinski definition) is 4. The normalized spacial score (nSPS) is 8.90. The Morgan fingerprint density at radius 3 is 1.36 bits per heavy atom. The Balaban J connectivity index is -0.000000328. The monoisotopic (exact) mass is 1010 g/mol. The predicted molar refractivity (Wildman–Crippen MR) is 305 cm³/mol. The van der Waals surface area contributed by atoms with Crippen LogP contribution in [0.3, 0.4) is 0 Å². The molecule has 0 spiro atoms. The fourth-order valence-electron chi connectivity index (χ4n) is 5.92. The fourth-order valence-corrected chi connectivity index (χ4v) is 5.92. The number of ether oxygens (including phenoxy) is 2. The summed E-state index contributed by atoms with van der Waals surface area (Å²) in [5.74, 6) is 2.01. The lowest BCUT2D eigenvalue weighted by Gasteiger charge is -2.13. The minimum Gasteiger partial charge on any atom is -0.471 e. The van der Waals surface area contributed by atoms with Gasteiger partial charge in [-0.05, 0) is 88.4 Å². The maximum atomic E-state index is 10.2. The van der Waals surface area contributed by atoms with Crippen LogP contribution in [0.1, 0.15) is 83.2 Å². The average molecular weight is 1010 g/mol. The average Bonchev–Trinajstić information content (AvgIpc) is 4.25. The Kier molecular flexibility index (Phi) is 57.2. The van der Waals surface area contributed by atoms with Gasteiger partial charge in [0.2, 0.25) is 0 Å². The van der Waals surface area contributed by atoms with E-state index >= 15 is 0 Å². The molecule has 0 aliphatic carbocycles. The molecule has 73 heavy (non-hydrogen) atoms. The summed E-state index contributed by atoms with van der Waals surface area (Å²) in [6, 6.07) is 27.6. The molecule has 3 aromatic heterocycles. The van der Waals surface area contributed by atoms with E-state index in [1.165, 1.54) is 37.9 Å². The second-order valence-corrected chi connectivity index (χ2v) is 14.2. The van der Waals surface area contributed by atoms with Crippen molar-refractivity contribution in [2.75, 3.05) is 62.6 Å². The van der Waals surface area contributed by atoms with Crippen LogP contribution in [0.15, 0.2) is 117 Å². The van der Waals surface area contributed by atoms with Gasteiger partial charge in [0.25, 0.3) is 6.47 Å². The molecular formula is C57H90N10O6. The lowest BCUT2D eigenvalue weighted by Crippen LogP contribution is -2.19. The molecule has 16 nitrogen and oxygen atoms in total. The highest BCUT2D eigenvalue weighted by molar-refractivity contribution is 5.71. The van der Waals surface area contributed by atoms with Gasteiger partial charge in [0, 0.05) is 39.8 Å². The van der Waals surface area contributed by atoms with Gasteiger partial charge < -0.3 is 49.9 Å². The molecule has 0 saturated heterocycles. The standard InChI is InChI=1S/C28H36N6.C13H14N2O.C3H6O.C2H4O2.C2H6O.C2H6.C2H4.C2H2.2CH5N.CH2O/c1-5-15-33(3)19-27-29-17-25(31-27)23-11-7-21(8-12-23)22-9-13-24(14-10-22)26-18-30-28(32-26)20-34(4)16-6-2;16-8-4-7-13-10-15(11-14-13)9-12-5-2-1-3-6-12;1-2-3-4;1-4-2-3;1-3-2;6*1-2/h7-14,17-18H,5-6,15-16,19-20H2,1-4H3,(H,29,31)(H,30,32);1-3,5-6,8,10-11H,4,7,9H2;3H,2H2,1H3;2H,1H3;1-2H3;1-2H3;1-2H2;1-2H;2*2H2,1H3;1H2. The molecule has 0 atom stereocenters. The van der Waals surface area contributed by atoms with Crippen molar-refractivity contribution < 1.29 is 28.7 Å². The number of H-pyrrole nitrogens is 2. The highest BCUT2D eigenvalue weighted by Crippen LogP contribution is 2.27. The molecule has 0 aliphatic rings. The van der Waals surface area contributed by atoms with Crippen molar-refractivity contribution in [3.8, 4) is 46.5 Å². The zero-order valence-electron chi connectivity index (χ0n) is 46.2. The zero-order valence-corrected chi connectivity index (χ0v) is 46.2. The molecule has 0 radical (unpaired) electrons. The number of carbonyl (C=O) groups is 4. The predicted octanol–water partition coefficient (Wildman–Crippen LogP) is 9.57. The SMILES string of the molecule is C#C.C=C.C=O.CC.CCC=O.CCCN(C)Cc1ncc(-c2ccc(-c3ccc(-c4cnc(CN(C)CCC)[nH]4)cc3)cc2)[nH]1.CN.CN.COC.COC=O.O=CCCc1cn(Cc2ccccc2)cn1. The van der Waals surface area contributed by atoms with Gasteiger partial charge in [-0.1, -0.05) is 113 Å². The first-order chi connectivity index (χ1) is 35.7. The molecule has 3 aromatic carbocycles. The van der Waals surface area contributed by atoms with Crippen molar-refractivity contribution in [1.82, 2.24) is 39.3 Å². The Labute approximate surface area is 439 Å². The fraction of sp³-hybridized carbons (Fsp3) is 0.386. The molecule has 0 unspecified atom stereocenters. The molecule has 404 valence electrons. The van der Waals surface area contributed by atoms with Crippen molar-refractivity contribution in [2.24, 2.45) is 11.5 Å².